The van der Waals surface area contributed by atoms with Crippen molar-refractivity contribution in [3.63, 3.8) is 0 Å². The smallest absolute Gasteiger partial charge is 0.387 e. The molecule has 2 amide bonds. The van der Waals surface area contributed by atoms with Crippen molar-refractivity contribution in [2.45, 2.75) is 19.8 Å². The van der Waals surface area contributed by atoms with Gasteiger partial charge in [0.2, 0.25) is 5.91 Å². The number of rotatable bonds is 12. The van der Waals surface area contributed by atoms with E-state index in [0.717, 1.165) is 25.2 Å². The molecule has 5 aromatic rings. The van der Waals surface area contributed by atoms with Gasteiger partial charge >= 0.3 is 6.61 Å². The number of hydrogen-bond acceptors (Lipinski definition) is 8. The van der Waals surface area contributed by atoms with Crippen LogP contribution in [0.3, 0.4) is 0 Å². The second kappa shape index (κ2) is 14.7. The van der Waals surface area contributed by atoms with Crippen LogP contribution in [0.5, 0.6) is 5.75 Å². The minimum atomic E-state index is -3.12. The maximum atomic E-state index is 13.5. The van der Waals surface area contributed by atoms with Crippen molar-refractivity contribution in [1.82, 2.24) is 34.2 Å². The van der Waals surface area contributed by atoms with E-state index in [1.165, 1.54) is 46.0 Å². The fourth-order valence-corrected chi connectivity index (χ4v) is 6.83. The lowest BCUT2D eigenvalue weighted by atomic mass is 10.0. The Hall–Kier alpha value is -4.63. The Balaban J connectivity index is 1.02. The molecule has 0 radical (unpaired) electrons. The van der Waals surface area contributed by atoms with Crippen LogP contribution >= 0.6 is 23.2 Å². The first kappa shape index (κ1) is 33.8. The van der Waals surface area contributed by atoms with Gasteiger partial charge in [-0.1, -0.05) is 35.3 Å². The molecule has 50 heavy (non-hydrogen) atoms. The van der Waals surface area contributed by atoms with Crippen molar-refractivity contribution >= 4 is 46.4 Å². The van der Waals surface area contributed by atoms with Gasteiger partial charge in [-0.2, -0.15) is 19.0 Å². The Morgan fingerprint density at radius 3 is 2.54 bits per heavy atom. The van der Waals surface area contributed by atoms with Gasteiger partial charge in [-0.25, -0.2) is 9.50 Å². The van der Waals surface area contributed by atoms with Crippen molar-refractivity contribution in [3.8, 4) is 17.0 Å². The highest BCUT2D eigenvalue weighted by molar-refractivity contribution is 6.31. The molecule has 5 heterocycles. The van der Waals surface area contributed by atoms with E-state index < -0.39 is 12.5 Å². The number of carbonyl (C=O) groups excluding carboxylic acids is 2. The minimum absolute atomic E-state index is 0.0981. The molecule has 2 aliphatic rings. The topological polar surface area (TPSA) is 119 Å². The number of nitrogens with one attached hydrogen (secondary N) is 1. The van der Waals surface area contributed by atoms with Gasteiger partial charge in [0.1, 0.15) is 23.6 Å². The number of aromatic nitrogens is 5. The van der Waals surface area contributed by atoms with Gasteiger partial charge < -0.3 is 24.6 Å². The van der Waals surface area contributed by atoms with Crippen LogP contribution in [-0.4, -0.2) is 91.9 Å². The maximum Gasteiger partial charge on any atom is 0.387 e. The number of halogens is 4. The molecule has 2 aliphatic heterocycles. The monoisotopic (exact) mass is 724 g/mol. The molecule has 16 heteroatoms. The molecule has 12 nitrogen and oxygen atoms in total. The third kappa shape index (κ3) is 7.58. The summed E-state index contributed by atoms with van der Waals surface area (Å²) in [5.74, 6) is -0.208. The Morgan fingerprint density at radius 1 is 1.02 bits per heavy atom. The fraction of sp³-hybridized carbons (Fsp3) is 0.324. The lowest BCUT2D eigenvalue weighted by molar-refractivity contribution is -0.131. The van der Waals surface area contributed by atoms with E-state index >= 15 is 0 Å². The van der Waals surface area contributed by atoms with E-state index in [1.807, 2.05) is 29.2 Å². The summed E-state index contributed by atoms with van der Waals surface area (Å²) >= 11 is 12.2. The highest BCUT2D eigenvalue weighted by Gasteiger charge is 2.41. The highest BCUT2D eigenvalue weighted by Crippen LogP contribution is 2.37. The molecule has 2 saturated heterocycles. The SMILES string of the molecule is O=C(Nc1cn(CC(=O)N2CC3CN(CCOCc4ccc(Cl)cc4)CC3C2)nc1-c1cc(Cl)ccc1OC(F)F)c1cnn2cccnc12. The first-order valence-electron chi connectivity index (χ1n) is 15.9. The van der Waals surface area contributed by atoms with Crippen LogP contribution in [0, 0.1) is 11.8 Å². The van der Waals surface area contributed by atoms with E-state index in [4.69, 9.17) is 32.7 Å². The molecule has 2 unspecified atom stereocenters. The van der Waals surface area contributed by atoms with E-state index in [2.05, 4.69) is 25.4 Å². The number of fused-ring (bicyclic) bond motifs is 2. The van der Waals surface area contributed by atoms with Gasteiger partial charge in [0.25, 0.3) is 5.91 Å². The summed E-state index contributed by atoms with van der Waals surface area (Å²) in [5.41, 5.74) is 1.95. The number of carbonyl (C=O) groups is 2. The first-order chi connectivity index (χ1) is 24.2. The molecule has 2 atom stereocenters. The summed E-state index contributed by atoms with van der Waals surface area (Å²) in [7, 11) is 0. The maximum absolute atomic E-state index is 13.5. The van der Waals surface area contributed by atoms with Crippen molar-refractivity contribution in [2.75, 3.05) is 44.6 Å². The molecule has 3 aromatic heterocycles. The Labute approximate surface area is 295 Å². The van der Waals surface area contributed by atoms with Crippen molar-refractivity contribution in [3.05, 3.63) is 94.5 Å². The largest absolute Gasteiger partial charge is 0.434 e. The second-order valence-corrected chi connectivity index (χ2v) is 13.1. The van der Waals surface area contributed by atoms with E-state index in [0.29, 0.717) is 48.8 Å². The van der Waals surface area contributed by atoms with Crippen molar-refractivity contribution in [1.29, 1.82) is 0 Å². The van der Waals surface area contributed by atoms with Gasteiger partial charge in [-0.15, -0.1) is 0 Å². The number of anilines is 1. The van der Waals surface area contributed by atoms with Crippen LogP contribution < -0.4 is 10.1 Å². The average molecular weight is 726 g/mol. The van der Waals surface area contributed by atoms with Crippen molar-refractivity contribution < 1.29 is 27.8 Å². The van der Waals surface area contributed by atoms with E-state index in [9.17, 15) is 18.4 Å². The third-order valence-corrected chi connectivity index (χ3v) is 9.38. The van der Waals surface area contributed by atoms with Crippen LogP contribution in [0.25, 0.3) is 16.9 Å². The molecular formula is C34H32Cl2F2N8O4. The van der Waals surface area contributed by atoms with Gasteiger partial charge in [-0.3, -0.25) is 14.3 Å². The predicted octanol–water partition coefficient (Wildman–Crippen LogP) is 5.36. The molecule has 2 fully saturated rings. The lowest BCUT2D eigenvalue weighted by Gasteiger charge is -2.21. The molecule has 2 aromatic carbocycles. The number of alkyl halides is 2. The van der Waals surface area contributed by atoms with E-state index in [1.54, 1.807) is 12.3 Å². The summed E-state index contributed by atoms with van der Waals surface area (Å²) in [6.45, 7) is 1.68. The summed E-state index contributed by atoms with van der Waals surface area (Å²) in [6.07, 6.45) is 6.04. The number of likely N-dealkylation sites (tertiary alicyclic amines) is 2. The van der Waals surface area contributed by atoms with Crippen LogP contribution in [0.15, 0.2) is 73.3 Å². The zero-order chi connectivity index (χ0) is 34.8. The number of hydrogen-bond donors (Lipinski definition) is 1. The fourth-order valence-electron chi connectivity index (χ4n) is 6.54. The number of benzene rings is 2. The van der Waals surface area contributed by atoms with Crippen LogP contribution in [0.1, 0.15) is 15.9 Å². The minimum Gasteiger partial charge on any atom is -0.434 e. The third-order valence-electron chi connectivity index (χ3n) is 8.89. The van der Waals surface area contributed by atoms with Crippen LogP contribution in [0.4, 0.5) is 14.5 Å². The predicted molar refractivity (Wildman–Crippen MR) is 181 cm³/mol. The molecule has 0 saturated carbocycles. The summed E-state index contributed by atoms with van der Waals surface area (Å²) in [6, 6.07) is 13.4. The Bertz CT molecular complexity index is 1990. The average Bonchev–Trinajstić information content (AvgIpc) is 3.87. The molecule has 0 spiro atoms. The molecule has 7 rings (SSSR count). The number of nitrogens with zero attached hydrogens (tertiary/aromatic N) is 7. The Morgan fingerprint density at radius 2 is 1.78 bits per heavy atom. The number of amides is 2. The zero-order valence-electron chi connectivity index (χ0n) is 26.6. The standard InChI is InChI=1S/C34H32Cl2F2N8O4/c35-24-4-2-21(3-5-24)20-49-11-10-43-14-22-16-44(17-23(22)15-43)30(47)19-45-18-28(41-33(48)27-13-40-46-9-1-8-39-32(27)46)31(42-45)26-12-25(36)6-7-29(26)50-34(37)38/h1-9,12-13,18,22-23,34H,10-11,14-17,19-20H2,(H,41,48). The molecule has 0 aliphatic carbocycles. The van der Waals surface area contributed by atoms with Crippen LogP contribution in [-0.2, 0) is 22.7 Å². The molecule has 1 N–H and O–H groups in total. The van der Waals surface area contributed by atoms with E-state index in [-0.39, 0.29) is 45.7 Å². The van der Waals surface area contributed by atoms with Crippen LogP contribution in [0.2, 0.25) is 10.0 Å². The molecular weight excluding hydrogens is 693 g/mol. The van der Waals surface area contributed by atoms with Gasteiger partial charge in [0, 0.05) is 66.9 Å². The van der Waals surface area contributed by atoms with Gasteiger partial charge in [0.15, 0.2) is 5.65 Å². The first-order valence-corrected chi connectivity index (χ1v) is 16.7. The Kier molecular flexibility index (Phi) is 9.95. The molecule has 260 valence electrons. The quantitative estimate of drug-likeness (QED) is 0.171. The lowest BCUT2D eigenvalue weighted by Crippen LogP contribution is -2.36. The summed E-state index contributed by atoms with van der Waals surface area (Å²) in [4.78, 5) is 35.4. The summed E-state index contributed by atoms with van der Waals surface area (Å²) in [5, 5.41) is 12.4. The summed E-state index contributed by atoms with van der Waals surface area (Å²) < 4.78 is 40.2. The number of ether oxygens (including phenoxy) is 2. The highest BCUT2D eigenvalue weighted by atomic mass is 35.5. The normalized spacial score (nSPS) is 17.5. The zero-order valence-corrected chi connectivity index (χ0v) is 28.1. The molecule has 0 bridgehead atoms. The second-order valence-electron chi connectivity index (χ2n) is 12.3. The van der Waals surface area contributed by atoms with Crippen molar-refractivity contribution in [2.24, 2.45) is 11.8 Å². The van der Waals surface area contributed by atoms with Gasteiger partial charge in [0.05, 0.1) is 25.1 Å². The van der Waals surface area contributed by atoms with Gasteiger partial charge in [-0.05, 0) is 53.8 Å².